The monoisotopic (exact) mass is 253 g/mol. The van der Waals surface area contributed by atoms with Crippen molar-refractivity contribution in [3.05, 3.63) is 53.6 Å². The van der Waals surface area contributed by atoms with Gasteiger partial charge in [-0.25, -0.2) is 0 Å². The summed E-state index contributed by atoms with van der Waals surface area (Å²) in [4.78, 5) is 11.3. The van der Waals surface area contributed by atoms with Crippen LogP contribution in [0.3, 0.4) is 0 Å². The summed E-state index contributed by atoms with van der Waals surface area (Å²) in [5.74, 6) is 0.176. The van der Waals surface area contributed by atoms with E-state index in [4.69, 9.17) is 21.5 Å². The zero-order valence-electron chi connectivity index (χ0n) is 9.96. The van der Waals surface area contributed by atoms with Crippen molar-refractivity contribution in [3.8, 4) is 17.6 Å². The highest BCUT2D eigenvalue weighted by atomic mass is 16.5. The Morgan fingerprint density at radius 1 is 1.21 bits per heavy atom. The van der Waals surface area contributed by atoms with Crippen LogP contribution in [-0.2, 0) is 0 Å². The van der Waals surface area contributed by atoms with Crippen LogP contribution in [-0.4, -0.2) is 5.91 Å². The molecule has 0 aliphatic heterocycles. The quantitative estimate of drug-likeness (QED) is 0.817. The first-order valence-corrected chi connectivity index (χ1v) is 5.48. The Hall–Kier alpha value is -3.00. The molecule has 19 heavy (non-hydrogen) atoms. The van der Waals surface area contributed by atoms with Crippen LogP contribution in [0, 0.1) is 11.3 Å². The number of nitrogen functional groups attached to an aromatic ring is 1. The summed E-state index contributed by atoms with van der Waals surface area (Å²) in [6.45, 7) is 0. The number of rotatable bonds is 3. The van der Waals surface area contributed by atoms with Crippen molar-refractivity contribution in [3.63, 3.8) is 0 Å². The standard InChI is InChI=1S/C14H11N3O2/c15-8-9-7-10(5-6-12(9)16)19-13-4-2-1-3-11(13)14(17)18/h1-7H,16H2,(H2,17,18). The maximum Gasteiger partial charge on any atom is 0.252 e. The molecule has 0 spiro atoms. The third-order valence-corrected chi connectivity index (χ3v) is 2.53. The number of para-hydroxylation sites is 1. The maximum absolute atomic E-state index is 11.3. The van der Waals surface area contributed by atoms with E-state index in [1.54, 1.807) is 36.4 Å². The van der Waals surface area contributed by atoms with E-state index in [1.807, 2.05) is 6.07 Å². The number of carbonyl (C=O) groups is 1. The fourth-order valence-electron chi connectivity index (χ4n) is 1.58. The molecule has 0 unspecified atom stereocenters. The summed E-state index contributed by atoms with van der Waals surface area (Å²) in [5.41, 5.74) is 11.8. The Morgan fingerprint density at radius 3 is 2.63 bits per heavy atom. The molecule has 0 aromatic heterocycles. The van der Waals surface area contributed by atoms with Crippen molar-refractivity contribution in [1.29, 1.82) is 5.26 Å². The van der Waals surface area contributed by atoms with Gasteiger partial charge >= 0.3 is 0 Å². The molecule has 0 bridgehead atoms. The number of amides is 1. The number of ether oxygens (including phenoxy) is 1. The average molecular weight is 253 g/mol. The van der Waals surface area contributed by atoms with Crippen LogP contribution in [0.2, 0.25) is 0 Å². The van der Waals surface area contributed by atoms with Crippen LogP contribution >= 0.6 is 0 Å². The topological polar surface area (TPSA) is 102 Å². The number of primary amides is 1. The molecule has 0 radical (unpaired) electrons. The van der Waals surface area contributed by atoms with Crippen LogP contribution in [0.4, 0.5) is 5.69 Å². The Morgan fingerprint density at radius 2 is 1.95 bits per heavy atom. The van der Waals surface area contributed by atoms with Gasteiger partial charge in [0.2, 0.25) is 0 Å². The lowest BCUT2D eigenvalue weighted by molar-refractivity contribution is 0.0998. The molecule has 0 saturated carbocycles. The van der Waals surface area contributed by atoms with Crippen LogP contribution in [0.1, 0.15) is 15.9 Å². The van der Waals surface area contributed by atoms with Gasteiger partial charge in [-0.3, -0.25) is 4.79 Å². The molecule has 5 heteroatoms. The van der Waals surface area contributed by atoms with Gasteiger partial charge < -0.3 is 16.2 Å². The highest BCUT2D eigenvalue weighted by molar-refractivity contribution is 5.95. The average Bonchev–Trinajstić information content (AvgIpc) is 2.41. The van der Waals surface area contributed by atoms with E-state index in [0.717, 1.165) is 0 Å². The van der Waals surface area contributed by atoms with Crippen molar-refractivity contribution >= 4 is 11.6 Å². The minimum Gasteiger partial charge on any atom is -0.456 e. The first kappa shape index (κ1) is 12.5. The highest BCUT2D eigenvalue weighted by Gasteiger charge is 2.10. The van der Waals surface area contributed by atoms with Gasteiger partial charge in [0.15, 0.2) is 0 Å². The van der Waals surface area contributed by atoms with Crippen LogP contribution < -0.4 is 16.2 Å². The van der Waals surface area contributed by atoms with Crippen LogP contribution in [0.5, 0.6) is 11.5 Å². The number of carbonyl (C=O) groups excluding carboxylic acids is 1. The SMILES string of the molecule is N#Cc1cc(Oc2ccccc2C(N)=O)ccc1N. The number of nitriles is 1. The van der Waals surface area contributed by atoms with E-state index in [-0.39, 0.29) is 5.56 Å². The lowest BCUT2D eigenvalue weighted by Gasteiger charge is -2.09. The predicted octanol–water partition coefficient (Wildman–Crippen LogP) is 2.03. The molecule has 0 atom stereocenters. The minimum absolute atomic E-state index is 0.276. The first-order chi connectivity index (χ1) is 9.11. The Kier molecular flexibility index (Phi) is 3.35. The van der Waals surface area contributed by atoms with Crippen molar-refractivity contribution < 1.29 is 9.53 Å². The molecule has 5 nitrogen and oxygen atoms in total. The second-order valence-corrected chi connectivity index (χ2v) is 3.82. The summed E-state index contributed by atoms with van der Waals surface area (Å²) < 4.78 is 5.56. The predicted molar refractivity (Wildman–Crippen MR) is 70.6 cm³/mol. The molecular formula is C14H11N3O2. The highest BCUT2D eigenvalue weighted by Crippen LogP contribution is 2.27. The van der Waals surface area contributed by atoms with Gasteiger partial charge in [-0.2, -0.15) is 5.26 Å². The number of anilines is 1. The second kappa shape index (κ2) is 5.10. The number of hydrogen-bond acceptors (Lipinski definition) is 4. The number of nitrogens with zero attached hydrogens (tertiary/aromatic N) is 1. The summed E-state index contributed by atoms with van der Waals surface area (Å²) >= 11 is 0. The number of benzene rings is 2. The van der Waals surface area contributed by atoms with Crippen molar-refractivity contribution in [1.82, 2.24) is 0 Å². The fourth-order valence-corrected chi connectivity index (χ4v) is 1.58. The van der Waals surface area contributed by atoms with Gasteiger partial charge in [-0.15, -0.1) is 0 Å². The van der Waals surface area contributed by atoms with Crippen LogP contribution in [0.15, 0.2) is 42.5 Å². The van der Waals surface area contributed by atoms with Gasteiger partial charge in [-0.05, 0) is 24.3 Å². The number of nitrogens with two attached hydrogens (primary N) is 2. The van der Waals surface area contributed by atoms with E-state index < -0.39 is 5.91 Å². The van der Waals surface area contributed by atoms with E-state index in [9.17, 15) is 4.79 Å². The normalized spacial score (nSPS) is 9.63. The third kappa shape index (κ3) is 2.64. The molecule has 0 aliphatic carbocycles. The lowest BCUT2D eigenvalue weighted by atomic mass is 10.1. The van der Waals surface area contributed by atoms with E-state index in [1.165, 1.54) is 6.07 Å². The summed E-state index contributed by atoms with van der Waals surface area (Å²) in [6.07, 6.45) is 0. The second-order valence-electron chi connectivity index (χ2n) is 3.82. The summed E-state index contributed by atoms with van der Waals surface area (Å²) in [5, 5.41) is 8.89. The molecule has 2 rings (SSSR count). The summed E-state index contributed by atoms with van der Waals surface area (Å²) in [7, 11) is 0. The van der Waals surface area contributed by atoms with Gasteiger partial charge in [0.05, 0.1) is 11.1 Å². The molecule has 2 aromatic rings. The molecule has 94 valence electrons. The fraction of sp³-hybridized carbons (Fsp3) is 0. The molecule has 0 aliphatic rings. The smallest absolute Gasteiger partial charge is 0.252 e. The maximum atomic E-state index is 11.3. The Bertz CT molecular complexity index is 675. The van der Waals surface area contributed by atoms with Gasteiger partial charge in [0.25, 0.3) is 5.91 Å². The molecular weight excluding hydrogens is 242 g/mol. The zero-order valence-corrected chi connectivity index (χ0v) is 9.96. The molecule has 0 saturated heterocycles. The van der Waals surface area contributed by atoms with Gasteiger partial charge in [0, 0.05) is 11.8 Å². The lowest BCUT2D eigenvalue weighted by Crippen LogP contribution is -2.12. The van der Waals surface area contributed by atoms with E-state index >= 15 is 0 Å². The number of hydrogen-bond donors (Lipinski definition) is 2. The third-order valence-electron chi connectivity index (χ3n) is 2.53. The van der Waals surface area contributed by atoms with Crippen molar-refractivity contribution in [2.75, 3.05) is 5.73 Å². The van der Waals surface area contributed by atoms with Crippen molar-refractivity contribution in [2.45, 2.75) is 0 Å². The molecule has 0 heterocycles. The zero-order chi connectivity index (χ0) is 13.8. The van der Waals surface area contributed by atoms with Crippen molar-refractivity contribution in [2.24, 2.45) is 5.73 Å². The summed E-state index contributed by atoms with van der Waals surface area (Å²) in [6, 6.07) is 13.3. The Labute approximate surface area is 110 Å². The largest absolute Gasteiger partial charge is 0.456 e. The van der Waals surface area contributed by atoms with Gasteiger partial charge in [-0.1, -0.05) is 12.1 Å². The van der Waals surface area contributed by atoms with Gasteiger partial charge in [0.1, 0.15) is 17.6 Å². The minimum atomic E-state index is -0.577. The molecule has 4 N–H and O–H groups in total. The van der Waals surface area contributed by atoms with E-state index in [2.05, 4.69) is 0 Å². The first-order valence-electron chi connectivity index (χ1n) is 5.48. The Balaban J connectivity index is 2.37. The molecule has 2 aromatic carbocycles. The molecule has 1 amide bonds. The van der Waals surface area contributed by atoms with Crippen LogP contribution in [0.25, 0.3) is 0 Å². The van der Waals surface area contributed by atoms with E-state index in [0.29, 0.717) is 22.7 Å². The molecule has 0 fully saturated rings.